The molecule has 7 heteroatoms. The van der Waals surface area contributed by atoms with Crippen molar-refractivity contribution < 1.29 is 24.5 Å². The van der Waals surface area contributed by atoms with Crippen LogP contribution in [0.2, 0.25) is 0 Å². The zero-order chi connectivity index (χ0) is 23.7. The van der Waals surface area contributed by atoms with Gasteiger partial charge in [-0.1, -0.05) is 36.4 Å². The van der Waals surface area contributed by atoms with Gasteiger partial charge in [0.25, 0.3) is 0 Å². The van der Waals surface area contributed by atoms with Crippen molar-refractivity contribution >= 4 is 24.3 Å². The van der Waals surface area contributed by atoms with E-state index in [0.29, 0.717) is 12.1 Å². The zero-order valence-corrected chi connectivity index (χ0v) is 20.4. The second-order valence-corrected chi connectivity index (χ2v) is 8.35. The van der Waals surface area contributed by atoms with E-state index in [9.17, 15) is 14.7 Å². The fourth-order valence-corrected chi connectivity index (χ4v) is 3.89. The number of nitrogens with zero attached hydrogens (tertiary/aromatic N) is 1. The maximum atomic E-state index is 11.7. The van der Waals surface area contributed by atoms with E-state index in [0.717, 1.165) is 41.8 Å². The molecule has 0 spiro atoms. The Morgan fingerprint density at radius 3 is 2.21 bits per heavy atom. The zero-order valence-electron chi connectivity index (χ0n) is 19.6. The monoisotopic (exact) mass is 475 g/mol. The molecule has 0 amide bonds. The number of aromatic hydroxyl groups is 1. The van der Waals surface area contributed by atoms with Gasteiger partial charge in [0.05, 0.1) is 0 Å². The SMILES string of the molecule is CC(C)N(CC[C@H](c1ccccc1)c1cc(COC(=O)/C=C/C(=O)O)ccc1O)C(C)C.Cl. The van der Waals surface area contributed by atoms with Gasteiger partial charge < -0.3 is 14.9 Å². The molecule has 0 aliphatic heterocycles. The van der Waals surface area contributed by atoms with E-state index in [1.165, 1.54) is 0 Å². The van der Waals surface area contributed by atoms with Crippen LogP contribution in [0.4, 0.5) is 0 Å². The fourth-order valence-electron chi connectivity index (χ4n) is 3.89. The van der Waals surface area contributed by atoms with Gasteiger partial charge in [-0.3, -0.25) is 4.90 Å². The number of benzene rings is 2. The van der Waals surface area contributed by atoms with Crippen LogP contribution < -0.4 is 0 Å². The van der Waals surface area contributed by atoms with Crippen LogP contribution >= 0.6 is 12.4 Å². The third-order valence-corrected chi connectivity index (χ3v) is 5.41. The Bertz CT molecular complexity index is 920. The Balaban J connectivity index is 0.00000544. The van der Waals surface area contributed by atoms with Crippen LogP contribution in [-0.4, -0.2) is 45.7 Å². The standard InChI is InChI=1S/C26H33NO5.ClH/c1-18(2)27(19(3)4)15-14-22(21-8-6-5-7-9-21)23-16-20(10-11-24(23)28)17-32-26(31)13-12-25(29)30;/h5-13,16,18-19,22,28H,14-15,17H2,1-4H3,(H,29,30);1H/b13-12+;/t22-;/m1./s1. The number of ether oxygens (including phenoxy) is 1. The van der Waals surface area contributed by atoms with Crippen molar-refractivity contribution in [2.45, 2.75) is 58.7 Å². The maximum absolute atomic E-state index is 11.7. The molecule has 2 N–H and O–H groups in total. The second kappa shape index (κ2) is 13.7. The molecule has 0 saturated heterocycles. The number of carbonyl (C=O) groups is 2. The number of halogens is 1. The molecule has 0 radical (unpaired) electrons. The number of carbonyl (C=O) groups excluding carboxylic acids is 1. The number of carboxylic acid groups (broad SMARTS) is 1. The lowest BCUT2D eigenvalue weighted by Gasteiger charge is -2.32. The molecule has 2 aromatic rings. The highest BCUT2D eigenvalue weighted by Gasteiger charge is 2.21. The first kappa shape index (κ1) is 28.2. The van der Waals surface area contributed by atoms with Gasteiger partial charge >= 0.3 is 11.9 Å². The summed E-state index contributed by atoms with van der Waals surface area (Å²) in [6, 6.07) is 16.0. The summed E-state index contributed by atoms with van der Waals surface area (Å²) in [6.45, 7) is 9.59. The van der Waals surface area contributed by atoms with Crippen LogP contribution in [0.15, 0.2) is 60.7 Å². The van der Waals surface area contributed by atoms with Crippen molar-refractivity contribution in [1.29, 1.82) is 0 Å². The third-order valence-electron chi connectivity index (χ3n) is 5.41. The summed E-state index contributed by atoms with van der Waals surface area (Å²) < 4.78 is 5.14. The van der Waals surface area contributed by atoms with Crippen molar-refractivity contribution in [3.05, 3.63) is 77.4 Å². The largest absolute Gasteiger partial charge is 0.508 e. The first-order valence-corrected chi connectivity index (χ1v) is 10.9. The number of hydrogen-bond acceptors (Lipinski definition) is 5. The molecule has 0 bridgehead atoms. The van der Waals surface area contributed by atoms with Gasteiger partial charge in [0.1, 0.15) is 12.4 Å². The molecule has 0 aliphatic carbocycles. The van der Waals surface area contributed by atoms with Crippen molar-refractivity contribution in [2.24, 2.45) is 0 Å². The van der Waals surface area contributed by atoms with E-state index in [1.807, 2.05) is 24.3 Å². The van der Waals surface area contributed by atoms with Gasteiger partial charge in [-0.25, -0.2) is 9.59 Å². The van der Waals surface area contributed by atoms with Crippen LogP contribution in [0.3, 0.4) is 0 Å². The predicted octanol–water partition coefficient (Wildman–Crippen LogP) is 5.14. The summed E-state index contributed by atoms with van der Waals surface area (Å²) >= 11 is 0. The normalized spacial score (nSPS) is 12.2. The van der Waals surface area contributed by atoms with Crippen molar-refractivity contribution in [2.75, 3.05) is 6.54 Å². The lowest BCUT2D eigenvalue weighted by molar-refractivity contribution is -0.139. The lowest BCUT2D eigenvalue weighted by atomic mass is 9.86. The van der Waals surface area contributed by atoms with E-state index in [-0.39, 0.29) is 30.7 Å². The Morgan fingerprint density at radius 1 is 1.00 bits per heavy atom. The lowest BCUT2D eigenvalue weighted by Crippen LogP contribution is -2.38. The van der Waals surface area contributed by atoms with Gasteiger partial charge in [-0.05, 0) is 63.9 Å². The number of rotatable bonds is 11. The molecule has 1 atom stereocenters. The minimum atomic E-state index is -1.21. The first-order valence-electron chi connectivity index (χ1n) is 10.9. The van der Waals surface area contributed by atoms with Crippen LogP contribution in [0.1, 0.15) is 56.7 Å². The summed E-state index contributed by atoms with van der Waals surface area (Å²) in [5.74, 6) is -1.78. The molecule has 0 fully saturated rings. The van der Waals surface area contributed by atoms with Crippen LogP contribution in [0.25, 0.3) is 0 Å². The average molecular weight is 476 g/mol. The minimum Gasteiger partial charge on any atom is -0.508 e. The molecule has 0 unspecified atom stereocenters. The van der Waals surface area contributed by atoms with Gasteiger partial charge in [0.2, 0.25) is 0 Å². The molecule has 0 heterocycles. The molecule has 2 aromatic carbocycles. The van der Waals surface area contributed by atoms with Crippen molar-refractivity contribution in [1.82, 2.24) is 4.90 Å². The number of phenolic OH excluding ortho intramolecular Hbond substituents is 1. The highest BCUT2D eigenvalue weighted by Crippen LogP contribution is 2.35. The van der Waals surface area contributed by atoms with E-state index < -0.39 is 11.9 Å². The summed E-state index contributed by atoms with van der Waals surface area (Å²) in [4.78, 5) is 24.7. The summed E-state index contributed by atoms with van der Waals surface area (Å²) in [6.07, 6.45) is 2.44. The smallest absolute Gasteiger partial charge is 0.331 e. The molecule has 33 heavy (non-hydrogen) atoms. The summed E-state index contributed by atoms with van der Waals surface area (Å²) in [5, 5.41) is 19.3. The number of carboxylic acids is 1. The van der Waals surface area contributed by atoms with E-state index >= 15 is 0 Å². The summed E-state index contributed by atoms with van der Waals surface area (Å²) in [5.41, 5.74) is 2.60. The summed E-state index contributed by atoms with van der Waals surface area (Å²) in [7, 11) is 0. The van der Waals surface area contributed by atoms with Gasteiger partial charge in [0.15, 0.2) is 0 Å². The van der Waals surface area contributed by atoms with Gasteiger partial charge in [0, 0.05) is 35.7 Å². The molecule has 2 rings (SSSR count). The number of phenols is 1. The Kier molecular flexibility index (Phi) is 11.7. The molecule has 0 saturated carbocycles. The molecule has 0 aliphatic rings. The molecule has 180 valence electrons. The van der Waals surface area contributed by atoms with Gasteiger partial charge in [-0.2, -0.15) is 0 Å². The number of aliphatic carboxylic acids is 1. The minimum absolute atomic E-state index is 0. The molecular weight excluding hydrogens is 442 g/mol. The van der Waals surface area contributed by atoms with Crippen molar-refractivity contribution in [3.63, 3.8) is 0 Å². The average Bonchev–Trinajstić information content (AvgIpc) is 2.75. The third kappa shape index (κ3) is 8.91. The quantitative estimate of drug-likeness (QED) is 0.345. The van der Waals surface area contributed by atoms with Crippen molar-refractivity contribution in [3.8, 4) is 5.75 Å². The predicted molar refractivity (Wildman–Crippen MR) is 132 cm³/mol. The number of hydrogen-bond donors (Lipinski definition) is 2. The molecule has 0 aromatic heterocycles. The Morgan fingerprint density at radius 2 is 1.64 bits per heavy atom. The second-order valence-electron chi connectivity index (χ2n) is 8.35. The van der Waals surface area contributed by atoms with E-state index in [2.05, 4.69) is 44.7 Å². The highest BCUT2D eigenvalue weighted by atomic mass is 35.5. The Labute approximate surface area is 202 Å². The maximum Gasteiger partial charge on any atom is 0.331 e. The van der Waals surface area contributed by atoms with Crippen LogP contribution in [0, 0.1) is 0 Å². The fraction of sp³-hybridized carbons (Fsp3) is 0.385. The van der Waals surface area contributed by atoms with E-state index in [1.54, 1.807) is 12.1 Å². The number of esters is 1. The topological polar surface area (TPSA) is 87.1 Å². The van der Waals surface area contributed by atoms with Crippen LogP contribution in [-0.2, 0) is 20.9 Å². The Hall–Kier alpha value is -2.83. The molecule has 6 nitrogen and oxygen atoms in total. The molecular formula is C26H34ClNO5. The van der Waals surface area contributed by atoms with Crippen LogP contribution in [0.5, 0.6) is 5.75 Å². The van der Waals surface area contributed by atoms with E-state index in [4.69, 9.17) is 9.84 Å². The first-order chi connectivity index (χ1) is 15.2. The highest BCUT2D eigenvalue weighted by molar-refractivity contribution is 5.90. The van der Waals surface area contributed by atoms with Gasteiger partial charge in [-0.15, -0.1) is 12.4 Å².